The molecule has 0 aliphatic rings. The zero-order chi connectivity index (χ0) is 13.1. The van der Waals surface area contributed by atoms with Gasteiger partial charge in [-0.15, -0.1) is 5.10 Å². The van der Waals surface area contributed by atoms with Gasteiger partial charge in [0.2, 0.25) is 0 Å². The van der Waals surface area contributed by atoms with E-state index in [-0.39, 0.29) is 10.9 Å². The number of hydrogen-bond donors (Lipinski definition) is 2. The van der Waals surface area contributed by atoms with Gasteiger partial charge < -0.3 is 5.73 Å². The van der Waals surface area contributed by atoms with E-state index in [9.17, 15) is 4.79 Å². The van der Waals surface area contributed by atoms with Crippen molar-refractivity contribution in [2.75, 3.05) is 6.54 Å². The number of nitrogens with zero attached hydrogens (tertiary/aromatic N) is 2. The Hall–Kier alpha value is -1.05. The molecule has 0 spiro atoms. The highest BCUT2D eigenvalue weighted by molar-refractivity contribution is 9.10. The fourth-order valence-corrected chi connectivity index (χ4v) is 3.28. The van der Waals surface area contributed by atoms with Crippen molar-refractivity contribution in [1.82, 2.24) is 14.8 Å². The maximum Gasteiger partial charge on any atom is 0.343 e. The number of aromatic amines is 1. The van der Waals surface area contributed by atoms with Crippen molar-refractivity contribution in [3.05, 3.63) is 44.8 Å². The number of rotatable bonds is 4. The first kappa shape index (κ1) is 13.4. The van der Waals surface area contributed by atoms with Gasteiger partial charge in [0.25, 0.3) is 0 Å². The molecule has 1 unspecified atom stereocenters. The van der Waals surface area contributed by atoms with E-state index in [2.05, 4.69) is 26.1 Å². The minimum atomic E-state index is -0.222. The lowest BCUT2D eigenvalue weighted by atomic mass is 10.1. The molecule has 0 bridgehead atoms. The molecule has 0 saturated heterocycles. The monoisotopic (exact) mass is 328 g/mol. The summed E-state index contributed by atoms with van der Waals surface area (Å²) in [6.45, 7) is 0.467. The molecule has 96 valence electrons. The molecule has 5 nitrogen and oxygen atoms in total. The van der Waals surface area contributed by atoms with Crippen molar-refractivity contribution in [1.29, 1.82) is 0 Å². The number of benzene rings is 1. The third kappa shape index (κ3) is 2.68. The van der Waals surface area contributed by atoms with E-state index in [0.29, 0.717) is 11.7 Å². The van der Waals surface area contributed by atoms with Crippen LogP contribution in [0.4, 0.5) is 0 Å². The number of nitrogens with one attached hydrogen (secondary N) is 1. The van der Waals surface area contributed by atoms with E-state index in [4.69, 9.17) is 5.73 Å². The number of thioether (sulfide) groups is 1. The Balaban J connectivity index is 2.28. The van der Waals surface area contributed by atoms with Gasteiger partial charge in [-0.1, -0.05) is 45.9 Å². The molecule has 1 heterocycles. The molecule has 0 fully saturated rings. The molecule has 18 heavy (non-hydrogen) atoms. The predicted octanol–water partition coefficient (Wildman–Crippen LogP) is 1.66. The first-order valence-electron chi connectivity index (χ1n) is 5.36. The second-order valence-electron chi connectivity index (χ2n) is 3.73. The van der Waals surface area contributed by atoms with E-state index in [0.717, 1.165) is 10.0 Å². The molecule has 0 saturated carbocycles. The molecule has 0 radical (unpaired) electrons. The molecule has 0 aliphatic heterocycles. The van der Waals surface area contributed by atoms with Gasteiger partial charge in [0.1, 0.15) is 0 Å². The van der Waals surface area contributed by atoms with Crippen molar-refractivity contribution in [2.24, 2.45) is 12.8 Å². The minimum Gasteiger partial charge on any atom is -0.329 e. The average molecular weight is 329 g/mol. The number of hydrogen-bond acceptors (Lipinski definition) is 4. The fraction of sp³-hybridized carbons (Fsp3) is 0.273. The Kier molecular flexibility index (Phi) is 4.26. The number of halogens is 1. The molecule has 0 aliphatic carbocycles. The smallest absolute Gasteiger partial charge is 0.329 e. The Morgan fingerprint density at radius 2 is 2.28 bits per heavy atom. The van der Waals surface area contributed by atoms with Crippen LogP contribution in [0.2, 0.25) is 0 Å². The summed E-state index contributed by atoms with van der Waals surface area (Å²) in [7, 11) is 1.68. The van der Waals surface area contributed by atoms with Crippen LogP contribution in [-0.2, 0) is 7.05 Å². The Morgan fingerprint density at radius 3 is 2.83 bits per heavy atom. The van der Waals surface area contributed by atoms with Crippen molar-refractivity contribution in [3.63, 3.8) is 0 Å². The lowest BCUT2D eigenvalue weighted by Crippen LogP contribution is -2.14. The molecular weight excluding hydrogens is 316 g/mol. The minimum absolute atomic E-state index is 0.0504. The van der Waals surface area contributed by atoms with Gasteiger partial charge in [0.05, 0.1) is 5.25 Å². The summed E-state index contributed by atoms with van der Waals surface area (Å²) in [4.78, 5) is 11.3. The quantitative estimate of drug-likeness (QED) is 0.837. The van der Waals surface area contributed by atoms with Gasteiger partial charge in [-0.05, 0) is 11.6 Å². The maximum absolute atomic E-state index is 11.3. The van der Waals surface area contributed by atoms with Crippen LogP contribution < -0.4 is 11.4 Å². The van der Waals surface area contributed by atoms with E-state index in [1.165, 1.54) is 16.3 Å². The van der Waals surface area contributed by atoms with Crippen LogP contribution in [0.15, 0.2) is 38.7 Å². The normalized spacial score (nSPS) is 12.6. The van der Waals surface area contributed by atoms with E-state index < -0.39 is 0 Å². The Bertz CT molecular complexity index is 595. The SMILES string of the molecule is Cn1c(SC(CN)c2ccccc2Br)n[nH]c1=O. The maximum atomic E-state index is 11.3. The standard InChI is InChI=1S/C11H13BrN4OS/c1-16-10(17)14-15-11(16)18-9(6-13)7-4-2-3-5-8(7)12/h2-5,9H,6,13H2,1H3,(H,14,17). The third-order valence-corrected chi connectivity index (χ3v) is 4.58. The summed E-state index contributed by atoms with van der Waals surface area (Å²) in [5.41, 5.74) is 6.69. The summed E-state index contributed by atoms with van der Waals surface area (Å²) in [5.74, 6) is 0. The van der Waals surface area contributed by atoms with Gasteiger partial charge in [0.15, 0.2) is 5.16 Å². The number of nitrogens with two attached hydrogens (primary N) is 1. The Morgan fingerprint density at radius 1 is 1.56 bits per heavy atom. The molecule has 1 aromatic carbocycles. The van der Waals surface area contributed by atoms with Crippen molar-refractivity contribution >= 4 is 27.7 Å². The highest BCUT2D eigenvalue weighted by atomic mass is 79.9. The fourth-order valence-electron chi connectivity index (χ4n) is 1.54. The third-order valence-electron chi connectivity index (χ3n) is 2.55. The largest absolute Gasteiger partial charge is 0.343 e. The molecule has 1 atom stereocenters. The van der Waals surface area contributed by atoms with Crippen LogP contribution in [0.1, 0.15) is 10.8 Å². The van der Waals surface area contributed by atoms with Gasteiger partial charge in [-0.2, -0.15) is 0 Å². The average Bonchev–Trinajstić information content (AvgIpc) is 2.68. The van der Waals surface area contributed by atoms with Crippen LogP contribution in [0.3, 0.4) is 0 Å². The van der Waals surface area contributed by atoms with E-state index in [1.54, 1.807) is 7.05 Å². The van der Waals surface area contributed by atoms with Crippen molar-refractivity contribution in [3.8, 4) is 0 Å². The van der Waals surface area contributed by atoms with Gasteiger partial charge in [-0.25, -0.2) is 9.89 Å². The molecule has 7 heteroatoms. The topological polar surface area (TPSA) is 76.7 Å². The molecule has 2 rings (SSSR count). The highest BCUT2D eigenvalue weighted by Gasteiger charge is 2.17. The molecule has 3 N–H and O–H groups in total. The second-order valence-corrected chi connectivity index (χ2v) is 5.76. The predicted molar refractivity (Wildman–Crippen MR) is 75.6 cm³/mol. The second kappa shape index (κ2) is 5.73. The molecule has 1 aromatic heterocycles. The zero-order valence-electron chi connectivity index (χ0n) is 9.76. The van der Waals surface area contributed by atoms with Crippen LogP contribution in [0.25, 0.3) is 0 Å². The summed E-state index contributed by atoms with van der Waals surface area (Å²) in [5, 5.41) is 7.07. The number of aromatic nitrogens is 3. The van der Waals surface area contributed by atoms with Gasteiger partial charge in [0, 0.05) is 18.1 Å². The lowest BCUT2D eigenvalue weighted by molar-refractivity contribution is 0.760. The van der Waals surface area contributed by atoms with Crippen LogP contribution in [0.5, 0.6) is 0 Å². The molecule has 0 amide bonds. The zero-order valence-corrected chi connectivity index (χ0v) is 12.2. The first-order chi connectivity index (χ1) is 8.63. The lowest BCUT2D eigenvalue weighted by Gasteiger charge is -2.15. The summed E-state index contributed by atoms with van der Waals surface area (Å²) in [6.07, 6.45) is 0. The molecule has 2 aromatic rings. The van der Waals surface area contributed by atoms with E-state index in [1.807, 2.05) is 24.3 Å². The van der Waals surface area contributed by atoms with Crippen LogP contribution in [-0.4, -0.2) is 21.3 Å². The Labute approximate surface area is 117 Å². The first-order valence-corrected chi connectivity index (χ1v) is 7.03. The highest BCUT2D eigenvalue weighted by Crippen LogP contribution is 2.36. The van der Waals surface area contributed by atoms with Crippen LogP contribution in [0, 0.1) is 0 Å². The number of H-pyrrole nitrogens is 1. The van der Waals surface area contributed by atoms with Crippen molar-refractivity contribution < 1.29 is 0 Å². The summed E-state index contributed by atoms with van der Waals surface area (Å²) >= 11 is 4.98. The van der Waals surface area contributed by atoms with Crippen molar-refractivity contribution in [2.45, 2.75) is 10.4 Å². The summed E-state index contributed by atoms with van der Waals surface area (Å²) < 4.78 is 2.48. The van der Waals surface area contributed by atoms with Gasteiger partial charge in [-0.3, -0.25) is 4.57 Å². The van der Waals surface area contributed by atoms with E-state index >= 15 is 0 Å². The summed E-state index contributed by atoms with van der Waals surface area (Å²) in [6, 6.07) is 7.91. The van der Waals surface area contributed by atoms with Gasteiger partial charge >= 0.3 is 5.69 Å². The van der Waals surface area contributed by atoms with Crippen LogP contribution >= 0.6 is 27.7 Å². The molecular formula is C11H13BrN4OS.